The van der Waals surface area contributed by atoms with Gasteiger partial charge in [0.25, 0.3) is 10.0 Å². The second kappa shape index (κ2) is 8.89. The summed E-state index contributed by atoms with van der Waals surface area (Å²) >= 11 is 0. The van der Waals surface area contributed by atoms with E-state index < -0.39 is 33.0 Å². The van der Waals surface area contributed by atoms with Gasteiger partial charge in [-0.2, -0.15) is 0 Å². The van der Waals surface area contributed by atoms with Gasteiger partial charge in [-0.1, -0.05) is 12.1 Å². The summed E-state index contributed by atoms with van der Waals surface area (Å²) in [6.07, 6.45) is 1.21. The van der Waals surface area contributed by atoms with Gasteiger partial charge in [0, 0.05) is 18.3 Å². The van der Waals surface area contributed by atoms with Crippen LogP contribution in [0.2, 0.25) is 0 Å². The Morgan fingerprint density at radius 2 is 1.69 bits per heavy atom. The van der Waals surface area contributed by atoms with Crippen molar-refractivity contribution in [1.29, 1.82) is 0 Å². The van der Waals surface area contributed by atoms with Gasteiger partial charge in [0.1, 0.15) is 28.9 Å². The highest BCUT2D eigenvalue weighted by Gasteiger charge is 2.30. The fourth-order valence-corrected chi connectivity index (χ4v) is 4.36. The molecule has 0 atom stereocenters. The number of nitrogens with one attached hydrogen (secondary N) is 1. The Kier molecular flexibility index (Phi) is 6.99. The minimum absolute atomic E-state index is 0. The Bertz CT molecular complexity index is 1110. The van der Waals surface area contributed by atoms with Gasteiger partial charge >= 0.3 is 0 Å². The standard InChI is InChI=1S/C19H17F3N2O3S.ClH/c1-23-10-12-11-24(28(25,26)14-6-3-5-13(20)9-14)18(19(12)27-2)17-15(21)7-4-8-16(17)22;/h3-9,11,23H,10H2,1-2H3;1H. The maximum absolute atomic E-state index is 14.5. The van der Waals surface area contributed by atoms with Crippen LogP contribution in [-0.2, 0) is 16.6 Å². The van der Waals surface area contributed by atoms with Gasteiger partial charge in [0.15, 0.2) is 0 Å². The molecule has 0 spiro atoms. The Morgan fingerprint density at radius 3 is 2.24 bits per heavy atom. The van der Waals surface area contributed by atoms with E-state index in [-0.39, 0.29) is 35.3 Å². The first-order valence-corrected chi connectivity index (χ1v) is 9.63. The molecule has 1 heterocycles. The molecule has 1 N–H and O–H groups in total. The number of benzene rings is 2. The lowest BCUT2D eigenvalue weighted by Crippen LogP contribution is -2.14. The Labute approximate surface area is 172 Å². The maximum atomic E-state index is 14.5. The van der Waals surface area contributed by atoms with Gasteiger partial charge in [0.05, 0.1) is 17.6 Å². The number of nitrogens with zero attached hydrogens (tertiary/aromatic N) is 1. The number of ether oxygens (including phenoxy) is 1. The summed E-state index contributed by atoms with van der Waals surface area (Å²) < 4.78 is 75.0. The zero-order valence-corrected chi connectivity index (χ0v) is 17.1. The van der Waals surface area contributed by atoms with E-state index in [2.05, 4.69) is 5.32 Å². The van der Waals surface area contributed by atoms with E-state index in [1.807, 2.05) is 0 Å². The van der Waals surface area contributed by atoms with E-state index in [1.54, 1.807) is 7.05 Å². The average Bonchev–Trinajstić information content (AvgIpc) is 3.01. The van der Waals surface area contributed by atoms with Crippen molar-refractivity contribution in [3.8, 4) is 17.0 Å². The molecule has 0 saturated carbocycles. The molecule has 0 amide bonds. The Morgan fingerprint density at radius 1 is 1.07 bits per heavy atom. The summed E-state index contributed by atoms with van der Waals surface area (Å²) in [4.78, 5) is -0.362. The van der Waals surface area contributed by atoms with Crippen LogP contribution in [0.4, 0.5) is 13.2 Å². The molecule has 0 fully saturated rings. The molecule has 10 heteroatoms. The first kappa shape index (κ1) is 22.8. The summed E-state index contributed by atoms with van der Waals surface area (Å²) in [5, 5.41) is 2.84. The highest BCUT2D eigenvalue weighted by Crippen LogP contribution is 2.40. The van der Waals surface area contributed by atoms with Gasteiger partial charge in [-0.3, -0.25) is 0 Å². The largest absolute Gasteiger partial charge is 0.494 e. The fraction of sp³-hybridized carbons (Fsp3) is 0.158. The van der Waals surface area contributed by atoms with Crippen molar-refractivity contribution in [1.82, 2.24) is 9.29 Å². The monoisotopic (exact) mass is 446 g/mol. The quantitative estimate of drug-likeness (QED) is 0.622. The molecule has 0 radical (unpaired) electrons. The maximum Gasteiger partial charge on any atom is 0.268 e. The van der Waals surface area contributed by atoms with E-state index in [9.17, 15) is 21.6 Å². The van der Waals surface area contributed by atoms with Gasteiger partial charge in [-0.05, 0) is 37.4 Å². The van der Waals surface area contributed by atoms with E-state index >= 15 is 0 Å². The normalized spacial score (nSPS) is 11.2. The Hall–Kier alpha value is -2.49. The van der Waals surface area contributed by atoms with Crippen LogP contribution in [0, 0.1) is 17.5 Å². The van der Waals surface area contributed by atoms with E-state index in [0.717, 1.165) is 28.2 Å². The molecule has 3 aromatic rings. The summed E-state index contributed by atoms with van der Waals surface area (Å²) in [6, 6.07) is 7.57. The number of methoxy groups -OCH3 is 1. The average molecular weight is 447 g/mol. The van der Waals surface area contributed by atoms with Crippen LogP contribution in [-0.4, -0.2) is 26.5 Å². The molecule has 0 unspecified atom stereocenters. The molecule has 3 rings (SSSR count). The molecule has 2 aromatic carbocycles. The van der Waals surface area contributed by atoms with Crippen LogP contribution in [0.3, 0.4) is 0 Å². The minimum Gasteiger partial charge on any atom is -0.494 e. The molecule has 5 nitrogen and oxygen atoms in total. The number of aromatic nitrogens is 1. The molecule has 1 aromatic heterocycles. The number of hydrogen-bond acceptors (Lipinski definition) is 4. The summed E-state index contributed by atoms with van der Waals surface area (Å²) in [5.41, 5.74) is -0.503. The van der Waals surface area contributed by atoms with Crippen LogP contribution in [0.25, 0.3) is 11.3 Å². The van der Waals surface area contributed by atoms with Crippen molar-refractivity contribution in [3.63, 3.8) is 0 Å². The van der Waals surface area contributed by atoms with Gasteiger partial charge in [0.2, 0.25) is 0 Å². The van der Waals surface area contributed by atoms with E-state index in [1.165, 1.54) is 31.5 Å². The lowest BCUT2D eigenvalue weighted by atomic mass is 10.1. The van der Waals surface area contributed by atoms with Gasteiger partial charge < -0.3 is 10.1 Å². The zero-order chi connectivity index (χ0) is 20.5. The molecule has 156 valence electrons. The SMILES string of the molecule is CNCc1cn(S(=O)(=O)c2cccc(F)c2)c(-c2c(F)cccc2F)c1OC.Cl. The second-order valence-electron chi connectivity index (χ2n) is 5.92. The van der Waals surface area contributed by atoms with Crippen molar-refractivity contribution in [3.05, 3.63) is 71.7 Å². The third-order valence-corrected chi connectivity index (χ3v) is 5.78. The van der Waals surface area contributed by atoms with E-state index in [4.69, 9.17) is 4.74 Å². The van der Waals surface area contributed by atoms with Crippen molar-refractivity contribution in [2.24, 2.45) is 0 Å². The summed E-state index contributed by atoms with van der Waals surface area (Å²) in [7, 11) is -1.47. The lowest BCUT2D eigenvalue weighted by molar-refractivity contribution is 0.410. The van der Waals surface area contributed by atoms with Gasteiger partial charge in [-0.15, -0.1) is 12.4 Å². The second-order valence-corrected chi connectivity index (χ2v) is 7.74. The van der Waals surface area contributed by atoms with Crippen LogP contribution in [0.1, 0.15) is 5.56 Å². The van der Waals surface area contributed by atoms with Crippen molar-refractivity contribution >= 4 is 22.4 Å². The predicted octanol–water partition coefficient (Wildman–Crippen LogP) is 3.96. The summed E-state index contributed by atoms with van der Waals surface area (Å²) in [5.74, 6) is -2.67. The zero-order valence-electron chi connectivity index (χ0n) is 15.4. The van der Waals surface area contributed by atoms with Crippen LogP contribution in [0.5, 0.6) is 5.75 Å². The molecule has 0 aliphatic rings. The fourth-order valence-electron chi connectivity index (χ4n) is 2.94. The molecule has 0 aliphatic carbocycles. The third-order valence-electron chi connectivity index (χ3n) is 4.12. The molecular weight excluding hydrogens is 429 g/mol. The van der Waals surface area contributed by atoms with E-state index in [0.29, 0.717) is 5.56 Å². The van der Waals surface area contributed by atoms with Crippen LogP contribution in [0.15, 0.2) is 53.6 Å². The molecule has 0 bridgehead atoms. The molecule has 0 aliphatic heterocycles. The molecular formula is C19H18ClF3N2O3S. The minimum atomic E-state index is -4.37. The highest BCUT2D eigenvalue weighted by atomic mass is 35.5. The van der Waals surface area contributed by atoms with Crippen molar-refractivity contribution in [2.45, 2.75) is 11.4 Å². The van der Waals surface area contributed by atoms with Gasteiger partial charge in [-0.25, -0.2) is 25.6 Å². The smallest absolute Gasteiger partial charge is 0.268 e. The van der Waals surface area contributed by atoms with Crippen LogP contribution < -0.4 is 10.1 Å². The number of halogens is 4. The first-order chi connectivity index (χ1) is 13.3. The lowest BCUT2D eigenvalue weighted by Gasteiger charge is -2.13. The third kappa shape index (κ3) is 4.12. The number of rotatable bonds is 6. The van der Waals surface area contributed by atoms with Crippen molar-refractivity contribution in [2.75, 3.05) is 14.2 Å². The highest BCUT2D eigenvalue weighted by molar-refractivity contribution is 7.90. The molecule has 29 heavy (non-hydrogen) atoms. The first-order valence-electron chi connectivity index (χ1n) is 8.19. The molecule has 0 saturated heterocycles. The van der Waals surface area contributed by atoms with Crippen LogP contribution >= 0.6 is 12.4 Å². The predicted molar refractivity (Wildman–Crippen MR) is 105 cm³/mol. The number of hydrogen-bond donors (Lipinski definition) is 1. The Balaban J connectivity index is 0.00000300. The topological polar surface area (TPSA) is 60.3 Å². The van der Waals surface area contributed by atoms with Crippen molar-refractivity contribution < 1.29 is 26.3 Å². The summed E-state index contributed by atoms with van der Waals surface area (Å²) in [6.45, 7) is 0.178.